The van der Waals surface area contributed by atoms with Crippen molar-refractivity contribution < 1.29 is 27.1 Å². The van der Waals surface area contributed by atoms with Crippen molar-refractivity contribution in [2.24, 2.45) is 0 Å². The van der Waals surface area contributed by atoms with Crippen LogP contribution in [0.5, 0.6) is 5.75 Å². The Morgan fingerprint density at radius 2 is 2.08 bits per heavy atom. The third-order valence-electron chi connectivity index (χ3n) is 2.89. The van der Waals surface area contributed by atoms with Crippen molar-refractivity contribution in [1.82, 2.24) is 5.32 Å². The van der Waals surface area contributed by atoms with Gasteiger partial charge in [0.05, 0.1) is 18.4 Å². The smallest absolute Gasteiger partial charge is 0.416 e. The van der Waals surface area contributed by atoms with Gasteiger partial charge in [-0.3, -0.25) is 4.79 Å². The first kappa shape index (κ1) is 18.2. The number of nitrogens with one attached hydrogen (secondary N) is 1. The van der Waals surface area contributed by atoms with E-state index in [0.717, 1.165) is 12.1 Å². The minimum atomic E-state index is -4.42. The number of carbonyl (C=O) groups excluding carboxylic acids is 1. The summed E-state index contributed by atoms with van der Waals surface area (Å²) in [5.41, 5.74) is -0.784. The number of carbonyl (C=O) groups is 1. The van der Waals surface area contributed by atoms with Gasteiger partial charge < -0.3 is 14.5 Å². The highest BCUT2D eigenvalue weighted by Gasteiger charge is 2.30. The number of ether oxygens (including phenoxy) is 1. The molecule has 1 heterocycles. The van der Waals surface area contributed by atoms with E-state index < -0.39 is 11.7 Å². The predicted octanol–water partition coefficient (Wildman–Crippen LogP) is 3.51. The highest BCUT2D eigenvalue weighted by molar-refractivity contribution is 5.91. The predicted molar refractivity (Wildman–Crippen MR) is 85.5 cm³/mol. The summed E-state index contributed by atoms with van der Waals surface area (Å²) < 4.78 is 47.8. The maximum absolute atomic E-state index is 12.5. The number of benzene rings is 1. The van der Waals surface area contributed by atoms with Crippen molar-refractivity contribution >= 4 is 12.0 Å². The number of amides is 1. The zero-order valence-electron chi connectivity index (χ0n) is 13.0. The normalized spacial score (nSPS) is 11.0. The van der Waals surface area contributed by atoms with Crippen LogP contribution in [0.1, 0.15) is 11.3 Å². The standard InChI is InChI=1S/C18H14F3NO3/c19-18(20,21)14-5-3-6-16(13-14)25-11-2-1-10-22-17(23)9-8-15-7-4-12-24-15/h3-9,12-13H,10-11H2,(H,22,23)/b9-8+. The average molecular weight is 349 g/mol. The summed E-state index contributed by atoms with van der Waals surface area (Å²) in [4.78, 5) is 11.5. The van der Waals surface area contributed by atoms with Gasteiger partial charge in [-0.05, 0) is 36.4 Å². The Bertz CT molecular complexity index is 784. The molecule has 0 bridgehead atoms. The van der Waals surface area contributed by atoms with E-state index in [2.05, 4.69) is 17.2 Å². The van der Waals surface area contributed by atoms with E-state index in [0.29, 0.717) is 5.76 Å². The molecule has 0 saturated carbocycles. The minimum absolute atomic E-state index is 0.0783. The average Bonchev–Trinajstić information content (AvgIpc) is 3.09. The molecule has 0 aliphatic heterocycles. The van der Waals surface area contributed by atoms with Gasteiger partial charge in [0.1, 0.15) is 18.1 Å². The molecule has 0 atom stereocenters. The summed E-state index contributed by atoms with van der Waals surface area (Å²) in [5, 5.41) is 2.53. The van der Waals surface area contributed by atoms with Crippen LogP contribution in [-0.2, 0) is 11.0 Å². The summed E-state index contributed by atoms with van der Waals surface area (Å²) in [7, 11) is 0. The van der Waals surface area contributed by atoms with Gasteiger partial charge in [0.15, 0.2) is 0 Å². The van der Waals surface area contributed by atoms with Crippen molar-refractivity contribution in [3.63, 3.8) is 0 Å². The maximum Gasteiger partial charge on any atom is 0.416 e. The molecule has 1 aromatic heterocycles. The zero-order valence-corrected chi connectivity index (χ0v) is 13.0. The van der Waals surface area contributed by atoms with E-state index in [4.69, 9.17) is 9.15 Å². The van der Waals surface area contributed by atoms with Gasteiger partial charge in [-0.1, -0.05) is 17.9 Å². The summed E-state index contributed by atoms with van der Waals surface area (Å²) in [5.74, 6) is 5.53. The number of hydrogen-bond donors (Lipinski definition) is 1. The van der Waals surface area contributed by atoms with Gasteiger partial charge in [-0.15, -0.1) is 0 Å². The first-order valence-electron chi connectivity index (χ1n) is 7.20. The second-order valence-corrected chi connectivity index (χ2v) is 4.73. The fourth-order valence-corrected chi connectivity index (χ4v) is 1.73. The Morgan fingerprint density at radius 1 is 1.24 bits per heavy atom. The quantitative estimate of drug-likeness (QED) is 0.664. The topological polar surface area (TPSA) is 51.5 Å². The second kappa shape index (κ2) is 8.64. The SMILES string of the molecule is O=C(/C=C/c1ccco1)NCC#CCOc1cccc(C(F)(F)F)c1. The third-order valence-corrected chi connectivity index (χ3v) is 2.89. The van der Waals surface area contributed by atoms with Crippen molar-refractivity contribution in [2.45, 2.75) is 6.18 Å². The molecule has 0 radical (unpaired) electrons. The Hall–Kier alpha value is -3.14. The van der Waals surface area contributed by atoms with E-state index in [1.54, 1.807) is 12.1 Å². The highest BCUT2D eigenvalue weighted by Crippen LogP contribution is 2.31. The molecule has 0 aliphatic rings. The minimum Gasteiger partial charge on any atom is -0.481 e. The Balaban J connectivity index is 1.72. The molecular weight excluding hydrogens is 335 g/mol. The molecule has 0 unspecified atom stereocenters. The van der Waals surface area contributed by atoms with E-state index in [1.165, 1.54) is 30.5 Å². The van der Waals surface area contributed by atoms with Crippen LogP contribution >= 0.6 is 0 Å². The van der Waals surface area contributed by atoms with Crippen LogP contribution in [0.2, 0.25) is 0 Å². The number of hydrogen-bond acceptors (Lipinski definition) is 3. The fourth-order valence-electron chi connectivity index (χ4n) is 1.73. The monoisotopic (exact) mass is 349 g/mol. The molecule has 25 heavy (non-hydrogen) atoms. The first-order valence-corrected chi connectivity index (χ1v) is 7.20. The van der Waals surface area contributed by atoms with Gasteiger partial charge in [-0.2, -0.15) is 13.2 Å². The molecule has 2 rings (SSSR count). The van der Waals surface area contributed by atoms with Crippen molar-refractivity contribution in [2.75, 3.05) is 13.2 Å². The Kier molecular flexibility index (Phi) is 6.29. The molecule has 0 fully saturated rings. The molecule has 2 aromatic rings. The van der Waals surface area contributed by atoms with E-state index >= 15 is 0 Å². The van der Waals surface area contributed by atoms with Gasteiger partial charge >= 0.3 is 6.18 Å². The number of halogens is 3. The van der Waals surface area contributed by atoms with E-state index in [1.807, 2.05) is 0 Å². The molecule has 130 valence electrons. The summed E-state index contributed by atoms with van der Waals surface area (Å²) in [6.07, 6.45) is -0.106. The molecule has 4 nitrogen and oxygen atoms in total. The largest absolute Gasteiger partial charge is 0.481 e. The molecule has 1 aromatic carbocycles. The van der Waals surface area contributed by atoms with Crippen LogP contribution in [0.25, 0.3) is 6.08 Å². The van der Waals surface area contributed by atoms with Crippen molar-refractivity contribution in [3.05, 3.63) is 60.1 Å². The number of alkyl halides is 3. The third kappa shape index (κ3) is 6.47. The van der Waals surface area contributed by atoms with Gasteiger partial charge in [-0.25, -0.2) is 0 Å². The molecule has 7 heteroatoms. The van der Waals surface area contributed by atoms with Gasteiger partial charge in [0, 0.05) is 6.08 Å². The van der Waals surface area contributed by atoms with Gasteiger partial charge in [0.2, 0.25) is 5.91 Å². The first-order chi connectivity index (χ1) is 11.9. The summed E-state index contributed by atoms with van der Waals surface area (Å²) in [6, 6.07) is 7.95. The van der Waals surface area contributed by atoms with Crippen LogP contribution in [0.4, 0.5) is 13.2 Å². The molecule has 1 N–H and O–H groups in total. The lowest BCUT2D eigenvalue weighted by molar-refractivity contribution is -0.137. The van der Waals surface area contributed by atoms with Crippen LogP contribution < -0.4 is 10.1 Å². The van der Waals surface area contributed by atoms with Crippen molar-refractivity contribution in [1.29, 1.82) is 0 Å². The van der Waals surface area contributed by atoms with Crippen LogP contribution in [-0.4, -0.2) is 19.1 Å². The lowest BCUT2D eigenvalue weighted by Crippen LogP contribution is -2.21. The highest BCUT2D eigenvalue weighted by atomic mass is 19.4. The van der Waals surface area contributed by atoms with E-state index in [9.17, 15) is 18.0 Å². The van der Waals surface area contributed by atoms with Crippen molar-refractivity contribution in [3.8, 4) is 17.6 Å². The molecule has 0 spiro atoms. The zero-order chi connectivity index (χ0) is 18.1. The van der Waals surface area contributed by atoms with Crippen LogP contribution in [0, 0.1) is 11.8 Å². The molecule has 0 saturated heterocycles. The number of rotatable bonds is 5. The van der Waals surface area contributed by atoms with Crippen LogP contribution in [0.3, 0.4) is 0 Å². The number of furan rings is 1. The fraction of sp³-hybridized carbons (Fsp3) is 0.167. The van der Waals surface area contributed by atoms with Crippen LogP contribution in [0.15, 0.2) is 53.2 Å². The van der Waals surface area contributed by atoms with E-state index in [-0.39, 0.29) is 24.8 Å². The lowest BCUT2D eigenvalue weighted by Gasteiger charge is -2.08. The molecular formula is C18H14F3NO3. The maximum atomic E-state index is 12.5. The van der Waals surface area contributed by atoms with Gasteiger partial charge in [0.25, 0.3) is 0 Å². The second-order valence-electron chi connectivity index (χ2n) is 4.73. The Morgan fingerprint density at radius 3 is 2.80 bits per heavy atom. The molecule has 0 aliphatic carbocycles. The summed E-state index contributed by atoms with van der Waals surface area (Å²) >= 11 is 0. The molecule has 1 amide bonds. The summed E-state index contributed by atoms with van der Waals surface area (Å²) in [6.45, 7) is 0.00664. The lowest BCUT2D eigenvalue weighted by atomic mass is 10.2. The Labute approximate surface area is 142 Å².